The van der Waals surface area contributed by atoms with Gasteiger partial charge < -0.3 is 4.13 Å². The summed E-state index contributed by atoms with van der Waals surface area (Å²) in [5, 5.41) is 0. The Hall–Kier alpha value is -1.41. The Bertz CT molecular complexity index is 836. The summed E-state index contributed by atoms with van der Waals surface area (Å²) in [6, 6.07) is 2.23. The predicted molar refractivity (Wildman–Crippen MR) is 103 cm³/mol. The zero-order valence-corrected chi connectivity index (χ0v) is 18.9. The minimum absolute atomic E-state index is 0.778. The first kappa shape index (κ1) is 29.6. The predicted octanol–water partition coefficient (Wildman–Crippen LogP) is 5.01. The Labute approximate surface area is 178 Å². The van der Waals surface area contributed by atoms with Crippen molar-refractivity contribution in [2.24, 2.45) is 0 Å². The summed E-state index contributed by atoms with van der Waals surface area (Å²) < 4.78 is 112. The second kappa shape index (κ2) is 12.0. The minimum Gasteiger partial charge on any atom is -0.421 e. The van der Waals surface area contributed by atoms with Crippen molar-refractivity contribution in [3.8, 4) is 0 Å². The van der Waals surface area contributed by atoms with E-state index < -0.39 is 31.1 Å². The van der Waals surface area contributed by atoms with Crippen LogP contribution in [0.2, 0.25) is 0 Å². The molecule has 0 aliphatic rings. The van der Waals surface area contributed by atoms with Crippen molar-refractivity contribution in [2.75, 3.05) is 0 Å². The third-order valence-electron chi connectivity index (χ3n) is 3.75. The maximum Gasteiger partial charge on any atom is 0.480 e. The number of hydrogen-bond donors (Lipinski definition) is 0. The van der Waals surface area contributed by atoms with Crippen LogP contribution in [0.15, 0.2) is 18.5 Å². The molecule has 0 aliphatic heterocycles. The second-order valence-corrected chi connectivity index (χ2v) is 10.2. The van der Waals surface area contributed by atoms with Gasteiger partial charge in [0.1, 0.15) is 6.54 Å². The van der Waals surface area contributed by atoms with Gasteiger partial charge in [0.15, 0.2) is 32.4 Å². The number of rotatable bonds is 9. The molecule has 0 aromatic carbocycles. The average Bonchev–Trinajstić information content (AvgIpc) is 2.55. The smallest absolute Gasteiger partial charge is 0.421 e. The molecule has 1 aromatic heterocycles. The van der Waals surface area contributed by atoms with E-state index in [4.69, 9.17) is 0 Å². The average molecular weight is 501 g/mol. The van der Waals surface area contributed by atoms with Gasteiger partial charge in [-0.2, -0.15) is 26.3 Å². The van der Waals surface area contributed by atoms with Gasteiger partial charge in [0, 0.05) is 17.5 Å². The van der Waals surface area contributed by atoms with E-state index in [1.165, 1.54) is 56.2 Å². The number of nitrogens with zero attached hydrogens (tertiary/aromatic N) is 2. The lowest BCUT2D eigenvalue weighted by Crippen LogP contribution is -2.33. The van der Waals surface area contributed by atoms with E-state index in [0.29, 0.717) is 0 Å². The lowest BCUT2D eigenvalue weighted by atomic mass is 10.1. The van der Waals surface area contributed by atoms with Gasteiger partial charge in [-0.15, -0.1) is 0 Å². The van der Waals surface area contributed by atoms with Gasteiger partial charge in [0.25, 0.3) is 0 Å². The molecule has 0 saturated carbocycles. The summed E-state index contributed by atoms with van der Waals surface area (Å²) in [6.07, 6.45) is 12.7. The fraction of sp³-hybridized carbons (Fsp3) is 0.706. The van der Waals surface area contributed by atoms with E-state index in [-0.39, 0.29) is 0 Å². The molecule has 0 amide bonds. The molecule has 6 nitrogen and oxygen atoms in total. The maximum absolute atomic E-state index is 11.4. The van der Waals surface area contributed by atoms with Crippen LogP contribution in [0.4, 0.5) is 26.3 Å². The van der Waals surface area contributed by atoms with Crippen molar-refractivity contribution in [1.29, 1.82) is 0 Å². The number of sulfonamides is 2. The molecular formula is C17H26F6N2O4S2. The normalized spacial score (nSPS) is 12.9. The molecule has 0 radical (unpaired) electrons. The van der Waals surface area contributed by atoms with Crippen LogP contribution in [-0.4, -0.2) is 27.9 Å². The van der Waals surface area contributed by atoms with Crippen LogP contribution in [0.3, 0.4) is 0 Å². The quantitative estimate of drug-likeness (QED) is 0.271. The molecule has 0 saturated heterocycles. The number of hydrogen-bond acceptors (Lipinski definition) is 4. The number of halogens is 6. The molecule has 182 valence electrons. The Balaban J connectivity index is 0.000000582. The van der Waals surface area contributed by atoms with Gasteiger partial charge in [0.2, 0.25) is 0 Å². The maximum atomic E-state index is 11.4. The number of aromatic nitrogens is 1. The van der Waals surface area contributed by atoms with E-state index in [0.717, 1.165) is 4.13 Å². The fourth-order valence-corrected chi connectivity index (χ4v) is 4.12. The second-order valence-electron chi connectivity index (χ2n) is 6.81. The molecule has 1 heterocycles. The monoisotopic (exact) mass is 500 g/mol. The molecule has 31 heavy (non-hydrogen) atoms. The molecule has 0 fully saturated rings. The molecule has 1 rings (SSSR count). The fourth-order valence-electron chi connectivity index (χ4n) is 2.41. The van der Waals surface area contributed by atoms with Crippen LogP contribution in [0, 0.1) is 13.8 Å². The Morgan fingerprint density at radius 2 is 1.16 bits per heavy atom. The van der Waals surface area contributed by atoms with Crippen LogP contribution in [0.1, 0.15) is 56.6 Å². The number of pyridine rings is 1. The van der Waals surface area contributed by atoms with Crippen LogP contribution >= 0.6 is 0 Å². The molecule has 14 heteroatoms. The summed E-state index contributed by atoms with van der Waals surface area (Å²) in [5.74, 6) is 0. The van der Waals surface area contributed by atoms with E-state index in [1.807, 2.05) is 0 Å². The highest BCUT2D eigenvalue weighted by atomic mass is 32.3. The van der Waals surface area contributed by atoms with Gasteiger partial charge >= 0.3 is 11.0 Å². The standard InChI is InChI=1S/C15H26N.C2F6NO4S2/c1-4-5-6-7-8-9-10-16-12-14(2)11-15(3)13-16;3-1(4,5)14(10,11)9-15(12,13)2(6,7)8/h11-13H,4-10H2,1-3H3;/q+1;-1. The molecule has 0 unspecified atom stereocenters. The number of unbranched alkanes of at least 4 members (excludes halogenated alkanes) is 5. The van der Waals surface area contributed by atoms with Crippen molar-refractivity contribution in [3.63, 3.8) is 0 Å². The summed E-state index contributed by atoms with van der Waals surface area (Å²) in [7, 11) is -13.4. The largest absolute Gasteiger partial charge is 0.480 e. The summed E-state index contributed by atoms with van der Waals surface area (Å²) in [4.78, 5) is 0. The summed E-state index contributed by atoms with van der Waals surface area (Å²) in [6.45, 7) is 7.79. The highest BCUT2D eigenvalue weighted by Crippen LogP contribution is 2.36. The Morgan fingerprint density at radius 3 is 1.55 bits per heavy atom. The van der Waals surface area contributed by atoms with Crippen molar-refractivity contribution >= 4 is 20.0 Å². The third kappa shape index (κ3) is 11.1. The lowest BCUT2D eigenvalue weighted by molar-refractivity contribution is -0.698. The van der Waals surface area contributed by atoms with Crippen molar-refractivity contribution in [1.82, 2.24) is 0 Å². The van der Waals surface area contributed by atoms with Crippen molar-refractivity contribution in [2.45, 2.75) is 76.9 Å². The molecule has 0 atom stereocenters. The highest BCUT2D eigenvalue weighted by molar-refractivity contribution is 8.13. The summed E-state index contributed by atoms with van der Waals surface area (Å²) >= 11 is 0. The molecular weight excluding hydrogens is 474 g/mol. The van der Waals surface area contributed by atoms with Crippen LogP contribution in [0.25, 0.3) is 4.13 Å². The number of alkyl halides is 6. The van der Waals surface area contributed by atoms with Crippen LogP contribution in [0.5, 0.6) is 0 Å². The molecule has 0 spiro atoms. The lowest BCUT2D eigenvalue weighted by Gasteiger charge is -2.22. The summed E-state index contributed by atoms with van der Waals surface area (Å²) in [5.41, 5.74) is -9.67. The molecule has 1 aromatic rings. The highest BCUT2D eigenvalue weighted by Gasteiger charge is 2.46. The first-order chi connectivity index (χ1) is 13.9. The first-order valence-corrected chi connectivity index (χ1v) is 12.1. The first-order valence-electron chi connectivity index (χ1n) is 9.27. The van der Waals surface area contributed by atoms with Gasteiger partial charge in [-0.25, -0.2) is 21.4 Å². The van der Waals surface area contributed by atoms with Gasteiger partial charge in [0.05, 0.1) is 0 Å². The van der Waals surface area contributed by atoms with Gasteiger partial charge in [-0.05, 0) is 26.3 Å². The Morgan fingerprint density at radius 1 is 0.774 bits per heavy atom. The molecule has 0 aliphatic carbocycles. The van der Waals surface area contributed by atoms with E-state index >= 15 is 0 Å². The zero-order valence-electron chi connectivity index (χ0n) is 17.3. The Kier molecular flexibility index (Phi) is 11.5. The topological polar surface area (TPSA) is 86.3 Å². The molecule has 0 N–H and O–H groups in total. The van der Waals surface area contributed by atoms with E-state index in [1.54, 1.807) is 0 Å². The van der Waals surface area contributed by atoms with E-state index in [9.17, 15) is 43.2 Å². The minimum atomic E-state index is -6.72. The van der Waals surface area contributed by atoms with Crippen molar-refractivity contribution in [3.05, 3.63) is 33.7 Å². The SMILES string of the molecule is CCCCCCCC[n+]1cc(C)cc(C)c1.O=S(=O)([N-]S(=O)(=O)C(F)(F)F)C(F)(F)F. The van der Waals surface area contributed by atoms with Gasteiger partial charge in [-0.1, -0.05) is 32.6 Å². The van der Waals surface area contributed by atoms with Crippen LogP contribution in [-0.2, 0) is 26.6 Å². The molecule has 0 bridgehead atoms. The number of aryl methyl sites for hydroxylation is 3. The van der Waals surface area contributed by atoms with Gasteiger partial charge in [-0.3, -0.25) is 0 Å². The third-order valence-corrected chi connectivity index (χ3v) is 6.49. The van der Waals surface area contributed by atoms with E-state index in [2.05, 4.69) is 43.8 Å². The zero-order chi connectivity index (χ0) is 24.5. The van der Waals surface area contributed by atoms with Crippen molar-refractivity contribution < 1.29 is 47.7 Å². The van der Waals surface area contributed by atoms with Crippen LogP contribution < -0.4 is 4.57 Å².